The highest BCUT2D eigenvalue weighted by Crippen LogP contribution is 2.38. The van der Waals surface area contributed by atoms with Crippen molar-refractivity contribution in [1.82, 2.24) is 25.7 Å². The standard InChI is InChI=1S/C33H29Cl4N5O3/c34-25-5-1-3-19(30(25)36)16-42(21-9-10-21)33(43)29-24(13-20-14-38-15-27(29)39-20)18-7-11-22(12-8-18)44-17-28-40-32(41-45-28)23-4-2-6-26(35)31(23)37/h1-8,11-12,20-21,27,38-39H,9-10,13-17H2/t20-,27-/m1/s1. The van der Waals surface area contributed by atoms with Crippen LogP contribution in [0.3, 0.4) is 0 Å². The van der Waals surface area contributed by atoms with Crippen LogP contribution < -0.4 is 15.4 Å². The number of carbonyl (C=O) groups excluding carboxylic acids is 1. The first-order chi connectivity index (χ1) is 21.9. The number of ether oxygens (including phenoxy) is 1. The van der Waals surface area contributed by atoms with Gasteiger partial charge < -0.3 is 24.8 Å². The maximum Gasteiger partial charge on any atom is 0.264 e. The Hall–Kier alpha value is -3.11. The predicted molar refractivity (Wildman–Crippen MR) is 176 cm³/mol. The third-order valence-corrected chi connectivity index (χ3v) is 10.1. The Bertz CT molecular complexity index is 1770. The minimum Gasteiger partial charge on any atom is -0.484 e. The molecular weight excluding hydrogens is 656 g/mol. The number of nitrogens with one attached hydrogen (secondary N) is 2. The fourth-order valence-corrected chi connectivity index (χ4v) is 6.76. The first-order valence-corrected chi connectivity index (χ1v) is 16.3. The third kappa shape index (κ3) is 6.45. The molecule has 8 nitrogen and oxygen atoms in total. The Morgan fingerprint density at radius 2 is 1.71 bits per heavy atom. The molecule has 3 aliphatic rings. The fourth-order valence-electron chi connectivity index (χ4n) is 6.00. The Morgan fingerprint density at radius 3 is 2.49 bits per heavy atom. The maximum atomic E-state index is 14.4. The van der Waals surface area contributed by atoms with Crippen LogP contribution in [0.5, 0.6) is 5.75 Å². The van der Waals surface area contributed by atoms with Crippen molar-refractivity contribution in [1.29, 1.82) is 0 Å². The molecule has 2 bridgehead atoms. The predicted octanol–water partition coefficient (Wildman–Crippen LogP) is 7.21. The first-order valence-electron chi connectivity index (χ1n) is 14.8. The number of hydrogen-bond donors (Lipinski definition) is 2. The van der Waals surface area contributed by atoms with Gasteiger partial charge in [-0.3, -0.25) is 4.79 Å². The van der Waals surface area contributed by atoms with Gasteiger partial charge in [0.15, 0.2) is 6.61 Å². The molecule has 1 saturated heterocycles. The van der Waals surface area contributed by atoms with Crippen molar-refractivity contribution >= 4 is 57.9 Å². The molecule has 7 rings (SSSR count). The van der Waals surface area contributed by atoms with E-state index in [-0.39, 0.29) is 30.6 Å². The van der Waals surface area contributed by atoms with Gasteiger partial charge in [0, 0.05) is 42.9 Å². The molecule has 1 amide bonds. The molecule has 1 aliphatic carbocycles. The van der Waals surface area contributed by atoms with Gasteiger partial charge in [-0.25, -0.2) is 0 Å². The molecule has 3 aromatic carbocycles. The van der Waals surface area contributed by atoms with Crippen molar-refractivity contribution in [3.05, 3.63) is 103 Å². The van der Waals surface area contributed by atoms with E-state index >= 15 is 0 Å². The summed E-state index contributed by atoms with van der Waals surface area (Å²) < 4.78 is 11.3. The largest absolute Gasteiger partial charge is 0.484 e. The van der Waals surface area contributed by atoms with E-state index in [1.54, 1.807) is 24.3 Å². The Morgan fingerprint density at radius 1 is 0.956 bits per heavy atom. The van der Waals surface area contributed by atoms with Crippen LogP contribution in [-0.4, -0.2) is 52.2 Å². The van der Waals surface area contributed by atoms with Gasteiger partial charge in [-0.05, 0) is 66.3 Å². The summed E-state index contributed by atoms with van der Waals surface area (Å²) in [5.41, 5.74) is 4.29. The van der Waals surface area contributed by atoms with Crippen molar-refractivity contribution in [2.45, 2.75) is 50.5 Å². The second-order valence-corrected chi connectivity index (χ2v) is 13.0. The van der Waals surface area contributed by atoms with E-state index in [0.717, 1.165) is 48.1 Å². The summed E-state index contributed by atoms with van der Waals surface area (Å²) in [6.07, 6.45) is 2.69. The molecule has 2 aliphatic heterocycles. The van der Waals surface area contributed by atoms with Gasteiger partial charge in [-0.15, -0.1) is 0 Å². The number of hydrogen-bond acceptors (Lipinski definition) is 7. The number of nitrogens with zero attached hydrogens (tertiary/aromatic N) is 3. The molecule has 1 aromatic heterocycles. The molecular formula is C33H29Cl4N5O3. The molecule has 45 heavy (non-hydrogen) atoms. The molecule has 1 saturated carbocycles. The van der Waals surface area contributed by atoms with Gasteiger partial charge >= 0.3 is 0 Å². The number of fused-ring (bicyclic) bond motifs is 2. The van der Waals surface area contributed by atoms with Crippen LogP contribution in [0.1, 0.15) is 36.3 Å². The minimum atomic E-state index is -0.0910. The van der Waals surface area contributed by atoms with Crippen molar-refractivity contribution in [3.63, 3.8) is 0 Å². The van der Waals surface area contributed by atoms with E-state index in [9.17, 15) is 4.79 Å². The van der Waals surface area contributed by atoms with Crippen LogP contribution in [0.4, 0.5) is 0 Å². The monoisotopic (exact) mass is 683 g/mol. The van der Waals surface area contributed by atoms with Crippen LogP contribution in [0.25, 0.3) is 17.0 Å². The number of rotatable bonds is 9. The summed E-state index contributed by atoms with van der Waals surface area (Å²) >= 11 is 25.3. The highest BCUT2D eigenvalue weighted by Gasteiger charge is 2.41. The minimum absolute atomic E-state index is 0.0375. The van der Waals surface area contributed by atoms with Crippen molar-refractivity contribution in [2.75, 3.05) is 13.1 Å². The Balaban J connectivity index is 1.12. The van der Waals surface area contributed by atoms with Crippen molar-refractivity contribution in [3.8, 4) is 17.1 Å². The fraction of sp³-hybridized carbons (Fsp3) is 0.303. The third-order valence-electron chi connectivity index (χ3n) is 8.38. The zero-order valence-corrected chi connectivity index (χ0v) is 27.1. The molecule has 0 unspecified atom stereocenters. The summed E-state index contributed by atoms with van der Waals surface area (Å²) in [6.45, 7) is 2.03. The molecule has 12 heteroatoms. The normalized spacial score (nSPS) is 19.5. The van der Waals surface area contributed by atoms with Gasteiger partial charge in [0.2, 0.25) is 5.82 Å². The molecule has 3 heterocycles. The summed E-state index contributed by atoms with van der Waals surface area (Å²) in [4.78, 5) is 20.8. The topological polar surface area (TPSA) is 92.5 Å². The van der Waals surface area contributed by atoms with Crippen LogP contribution in [0, 0.1) is 0 Å². The lowest BCUT2D eigenvalue weighted by Gasteiger charge is -2.41. The quantitative estimate of drug-likeness (QED) is 0.193. The molecule has 0 spiro atoms. The molecule has 232 valence electrons. The maximum absolute atomic E-state index is 14.4. The molecule has 2 N–H and O–H groups in total. The van der Waals surface area contributed by atoms with Gasteiger partial charge in [-0.1, -0.05) is 81.9 Å². The first kappa shape index (κ1) is 30.5. The number of benzene rings is 3. The zero-order chi connectivity index (χ0) is 31.1. The van der Waals surface area contributed by atoms with Crippen molar-refractivity contribution < 1.29 is 14.1 Å². The number of halogens is 4. The highest BCUT2D eigenvalue weighted by molar-refractivity contribution is 6.43. The van der Waals surface area contributed by atoms with E-state index in [1.165, 1.54) is 0 Å². The average molecular weight is 685 g/mol. The number of aromatic nitrogens is 2. The summed E-state index contributed by atoms with van der Waals surface area (Å²) in [6, 6.07) is 19.0. The Labute approximate surface area is 280 Å². The second kappa shape index (κ2) is 12.9. The van der Waals surface area contributed by atoms with E-state index in [0.29, 0.717) is 56.2 Å². The van der Waals surface area contributed by atoms with Crippen LogP contribution in [0.2, 0.25) is 20.1 Å². The average Bonchev–Trinajstić information content (AvgIpc) is 3.78. The summed E-state index contributed by atoms with van der Waals surface area (Å²) in [5, 5.41) is 12.9. The Kier molecular flexibility index (Phi) is 8.79. The summed E-state index contributed by atoms with van der Waals surface area (Å²) in [7, 11) is 0. The van der Waals surface area contributed by atoms with Crippen molar-refractivity contribution in [2.24, 2.45) is 0 Å². The highest BCUT2D eigenvalue weighted by atomic mass is 35.5. The zero-order valence-electron chi connectivity index (χ0n) is 24.0. The van der Waals surface area contributed by atoms with Crippen LogP contribution in [-0.2, 0) is 17.9 Å². The van der Waals surface area contributed by atoms with E-state index in [1.807, 2.05) is 41.3 Å². The van der Waals surface area contributed by atoms with Gasteiger partial charge in [0.05, 0.1) is 26.1 Å². The van der Waals surface area contributed by atoms with Gasteiger partial charge in [-0.2, -0.15) is 4.98 Å². The number of amides is 1. The molecule has 4 aromatic rings. The molecule has 2 atom stereocenters. The van der Waals surface area contributed by atoms with Crippen LogP contribution in [0.15, 0.2) is 70.8 Å². The molecule has 2 fully saturated rings. The SMILES string of the molecule is O=C(C1=C(c2ccc(OCc3nc(-c4cccc(Cl)c4Cl)no3)cc2)C[C@@H]2CNC[C@H]1N2)N(Cc1cccc(Cl)c1Cl)C1CC1. The summed E-state index contributed by atoms with van der Waals surface area (Å²) in [5.74, 6) is 1.32. The number of carbonyl (C=O) groups is 1. The lowest BCUT2D eigenvalue weighted by molar-refractivity contribution is -0.128. The smallest absolute Gasteiger partial charge is 0.264 e. The molecule has 0 radical (unpaired) electrons. The van der Waals surface area contributed by atoms with Crippen LogP contribution >= 0.6 is 46.4 Å². The van der Waals surface area contributed by atoms with E-state index in [4.69, 9.17) is 55.7 Å². The number of piperazine rings is 1. The van der Waals surface area contributed by atoms with Gasteiger partial charge in [0.1, 0.15) is 5.75 Å². The lowest BCUT2D eigenvalue weighted by atomic mass is 9.83. The van der Waals surface area contributed by atoms with Gasteiger partial charge in [0.25, 0.3) is 11.8 Å². The second-order valence-electron chi connectivity index (χ2n) is 11.5. The van der Waals surface area contributed by atoms with E-state index in [2.05, 4.69) is 20.8 Å². The lowest BCUT2D eigenvalue weighted by Crippen LogP contribution is -2.60. The van der Waals surface area contributed by atoms with E-state index < -0.39 is 0 Å².